The molecule has 0 radical (unpaired) electrons. The van der Waals surface area contributed by atoms with Crippen LogP contribution in [0.3, 0.4) is 0 Å². The second kappa shape index (κ2) is 8.39. The van der Waals surface area contributed by atoms with Gasteiger partial charge in [0, 0.05) is 5.75 Å². The number of rotatable bonds is 5. The molecular formula is C20H23N3O6S. The monoisotopic (exact) mass is 433 g/mol. The van der Waals surface area contributed by atoms with E-state index in [1.165, 1.54) is 22.7 Å². The van der Waals surface area contributed by atoms with Crippen LogP contribution in [0.25, 0.3) is 0 Å². The number of thioether (sulfide) groups is 1. The lowest BCUT2D eigenvalue weighted by Crippen LogP contribution is -2.70. The molecule has 1 aromatic carbocycles. The summed E-state index contributed by atoms with van der Waals surface area (Å²) < 4.78 is 5.25. The number of nitrogens with one attached hydrogen (secondary N) is 2. The average Bonchev–Trinajstić information content (AvgIpc) is 2.68. The third kappa shape index (κ3) is 4.59. The number of alkyl carbamates (subject to hydrolysis) is 1. The topological polar surface area (TPSA) is 125 Å². The zero-order valence-electron chi connectivity index (χ0n) is 16.7. The predicted octanol–water partition coefficient (Wildman–Crippen LogP) is 1.62. The quantitative estimate of drug-likeness (QED) is 0.603. The lowest BCUT2D eigenvalue weighted by Gasteiger charge is -2.48. The van der Waals surface area contributed by atoms with Gasteiger partial charge in [-0.1, -0.05) is 30.3 Å². The molecule has 3 atom stereocenters. The smallest absolute Gasteiger partial charge is 0.408 e. The Bertz CT molecular complexity index is 896. The highest BCUT2D eigenvalue weighted by molar-refractivity contribution is 8.00. The van der Waals surface area contributed by atoms with E-state index in [9.17, 15) is 24.3 Å². The third-order valence-corrected chi connectivity index (χ3v) is 5.60. The lowest BCUT2D eigenvalue weighted by atomic mass is 10.0. The van der Waals surface area contributed by atoms with Gasteiger partial charge in [-0.3, -0.25) is 14.5 Å². The van der Waals surface area contributed by atoms with E-state index in [0.717, 1.165) is 0 Å². The van der Waals surface area contributed by atoms with E-state index in [-0.39, 0.29) is 5.70 Å². The number of aliphatic carboxylic acids is 1. The molecule has 0 aliphatic carbocycles. The maximum Gasteiger partial charge on any atom is 0.408 e. The highest BCUT2D eigenvalue weighted by Crippen LogP contribution is 2.37. The molecule has 2 aliphatic rings. The van der Waals surface area contributed by atoms with Gasteiger partial charge in [0.25, 0.3) is 5.91 Å². The average molecular weight is 433 g/mol. The highest BCUT2D eigenvalue weighted by atomic mass is 32.2. The van der Waals surface area contributed by atoms with Crippen molar-refractivity contribution in [2.45, 2.75) is 43.8 Å². The molecule has 9 nitrogen and oxygen atoms in total. The first-order valence-corrected chi connectivity index (χ1v) is 10.4. The van der Waals surface area contributed by atoms with E-state index in [0.29, 0.717) is 11.3 Å². The summed E-state index contributed by atoms with van der Waals surface area (Å²) in [7, 11) is 0. The first kappa shape index (κ1) is 21.7. The molecule has 30 heavy (non-hydrogen) atoms. The molecule has 0 saturated carbocycles. The van der Waals surface area contributed by atoms with Crippen LogP contribution in [0.15, 0.2) is 42.1 Å². The highest BCUT2D eigenvalue weighted by Gasteiger charge is 2.53. The summed E-state index contributed by atoms with van der Waals surface area (Å²) in [4.78, 5) is 50.2. The molecule has 0 bridgehead atoms. The van der Waals surface area contributed by atoms with Gasteiger partial charge in [-0.2, -0.15) is 0 Å². The Morgan fingerprint density at radius 2 is 1.90 bits per heavy atom. The van der Waals surface area contributed by atoms with Crippen molar-refractivity contribution in [3.05, 3.63) is 47.7 Å². The second-order valence-electron chi connectivity index (χ2n) is 7.80. The maximum absolute atomic E-state index is 13.0. The Morgan fingerprint density at radius 3 is 2.50 bits per heavy atom. The van der Waals surface area contributed by atoms with Crippen LogP contribution in [-0.2, 0) is 19.1 Å². The van der Waals surface area contributed by atoms with Crippen molar-refractivity contribution in [3.63, 3.8) is 0 Å². The Morgan fingerprint density at radius 1 is 1.23 bits per heavy atom. The van der Waals surface area contributed by atoms with Crippen LogP contribution in [0.5, 0.6) is 0 Å². The van der Waals surface area contributed by atoms with E-state index in [1.54, 1.807) is 51.1 Å². The number of carbonyl (C=O) groups is 4. The number of fused-ring (bicyclic) bond motifs is 1. The number of carbonyl (C=O) groups excluding carboxylic acids is 3. The van der Waals surface area contributed by atoms with E-state index >= 15 is 0 Å². The molecule has 0 spiro atoms. The number of carboxylic acid groups (broad SMARTS) is 1. The van der Waals surface area contributed by atoms with Crippen molar-refractivity contribution < 1.29 is 29.0 Å². The summed E-state index contributed by atoms with van der Waals surface area (Å²) in [5.41, 5.74) is -0.308. The summed E-state index contributed by atoms with van der Waals surface area (Å²) in [5.74, 6) is -1.86. The Labute approximate surface area is 177 Å². The van der Waals surface area contributed by atoms with E-state index < -0.39 is 46.9 Å². The number of carboxylic acids is 1. The van der Waals surface area contributed by atoms with Gasteiger partial charge in [0.2, 0.25) is 5.91 Å². The summed E-state index contributed by atoms with van der Waals surface area (Å²) in [5, 5.41) is 13.9. The van der Waals surface area contributed by atoms with Crippen molar-refractivity contribution in [2.24, 2.45) is 0 Å². The number of nitrogens with zero attached hydrogens (tertiary/aromatic N) is 1. The molecule has 1 saturated heterocycles. The van der Waals surface area contributed by atoms with Crippen molar-refractivity contribution >= 4 is 35.6 Å². The molecule has 3 rings (SSSR count). The molecule has 3 N–H and O–H groups in total. The zero-order chi connectivity index (χ0) is 22.1. The van der Waals surface area contributed by atoms with Gasteiger partial charge >= 0.3 is 12.1 Å². The Kier molecular flexibility index (Phi) is 6.06. The summed E-state index contributed by atoms with van der Waals surface area (Å²) in [6.07, 6.45) is 0.701. The third-order valence-electron chi connectivity index (χ3n) is 4.42. The minimum atomic E-state index is -1.19. The molecule has 3 amide bonds. The second-order valence-corrected chi connectivity index (χ2v) is 8.95. The molecule has 10 heteroatoms. The van der Waals surface area contributed by atoms with E-state index in [2.05, 4.69) is 10.6 Å². The largest absolute Gasteiger partial charge is 0.477 e. The fourth-order valence-electron chi connectivity index (χ4n) is 3.15. The van der Waals surface area contributed by atoms with Gasteiger partial charge in [0.15, 0.2) is 0 Å². The molecule has 2 heterocycles. The normalized spacial score (nSPS) is 21.5. The van der Waals surface area contributed by atoms with Gasteiger partial charge in [0.05, 0.1) is 0 Å². The molecule has 2 aliphatic heterocycles. The van der Waals surface area contributed by atoms with Crippen LogP contribution in [0.4, 0.5) is 4.79 Å². The fourth-order valence-corrected chi connectivity index (χ4v) is 4.34. The van der Waals surface area contributed by atoms with Gasteiger partial charge in [-0.05, 0) is 32.4 Å². The SMILES string of the molecule is CC(C)(C)OC(=O)N[C@H](C(=O)N[C@@H]1C(=O)N2C(C(=O)O)=CCS[C@@H]12)c1ccccc1. The van der Waals surface area contributed by atoms with Crippen LogP contribution >= 0.6 is 11.8 Å². The predicted molar refractivity (Wildman–Crippen MR) is 109 cm³/mol. The minimum absolute atomic E-state index is 0.0826. The Balaban J connectivity index is 1.74. The van der Waals surface area contributed by atoms with E-state index in [1.807, 2.05) is 0 Å². The fraction of sp³-hybridized carbons (Fsp3) is 0.400. The van der Waals surface area contributed by atoms with Gasteiger partial charge in [-0.15, -0.1) is 11.8 Å². The minimum Gasteiger partial charge on any atom is -0.477 e. The number of β-lactam (4-membered cyclic amide) rings is 1. The molecule has 1 fully saturated rings. The van der Waals surface area contributed by atoms with Gasteiger partial charge < -0.3 is 20.5 Å². The first-order valence-electron chi connectivity index (χ1n) is 9.31. The molecule has 0 aromatic heterocycles. The lowest BCUT2D eigenvalue weighted by molar-refractivity contribution is -0.150. The number of ether oxygens (including phenoxy) is 1. The molecule has 160 valence electrons. The molecule has 0 unspecified atom stereocenters. The number of hydrogen-bond donors (Lipinski definition) is 3. The number of hydrogen-bond acceptors (Lipinski definition) is 6. The van der Waals surface area contributed by atoms with Crippen LogP contribution in [-0.4, -0.2) is 56.7 Å². The summed E-state index contributed by atoms with van der Waals surface area (Å²) in [6.45, 7) is 5.12. The van der Waals surface area contributed by atoms with Crippen molar-refractivity contribution in [1.29, 1.82) is 0 Å². The maximum atomic E-state index is 13.0. The molecule has 1 aromatic rings. The number of benzene rings is 1. The van der Waals surface area contributed by atoms with E-state index in [4.69, 9.17) is 4.74 Å². The van der Waals surface area contributed by atoms with Crippen molar-refractivity contribution in [1.82, 2.24) is 15.5 Å². The summed E-state index contributed by atoms with van der Waals surface area (Å²) >= 11 is 1.36. The van der Waals surface area contributed by atoms with Crippen LogP contribution in [0.2, 0.25) is 0 Å². The number of amides is 3. The first-order chi connectivity index (χ1) is 14.1. The van der Waals surface area contributed by atoms with Crippen LogP contribution in [0, 0.1) is 0 Å². The zero-order valence-corrected chi connectivity index (χ0v) is 17.6. The van der Waals surface area contributed by atoms with Crippen molar-refractivity contribution in [3.8, 4) is 0 Å². The van der Waals surface area contributed by atoms with Crippen LogP contribution < -0.4 is 10.6 Å². The standard InChI is InChI=1S/C20H23N3O6S/c1-20(2,3)29-19(28)22-13(11-7-5-4-6-8-11)15(24)21-14-16(25)23-12(18(26)27)9-10-30-17(14)23/h4-9,13-14,17H,10H2,1-3H3,(H,21,24)(H,22,28)(H,26,27)/t13-,14+,17-/m0/s1. The molecular weight excluding hydrogens is 410 g/mol. The Hall–Kier alpha value is -3.01. The van der Waals surface area contributed by atoms with Crippen LogP contribution in [0.1, 0.15) is 32.4 Å². The summed E-state index contributed by atoms with van der Waals surface area (Å²) in [6, 6.07) is 6.63. The van der Waals surface area contributed by atoms with Gasteiger partial charge in [0.1, 0.15) is 28.8 Å². The van der Waals surface area contributed by atoms with Gasteiger partial charge in [-0.25, -0.2) is 9.59 Å². The van der Waals surface area contributed by atoms with Crippen molar-refractivity contribution in [2.75, 3.05) is 5.75 Å².